The van der Waals surface area contributed by atoms with Crippen molar-refractivity contribution in [1.82, 2.24) is 0 Å². The van der Waals surface area contributed by atoms with E-state index in [4.69, 9.17) is 16.3 Å². The van der Waals surface area contributed by atoms with Crippen molar-refractivity contribution in [1.29, 1.82) is 0 Å². The minimum atomic E-state index is 0.186. The molecule has 0 atom stereocenters. The highest BCUT2D eigenvalue weighted by molar-refractivity contribution is 9.08. The molecule has 1 rings (SSSR count). The topological polar surface area (TPSA) is 9.23 Å². The molecule has 1 aromatic carbocycles. The van der Waals surface area contributed by atoms with Crippen molar-refractivity contribution >= 4 is 27.5 Å². The summed E-state index contributed by atoms with van der Waals surface area (Å²) in [4.78, 5) is 0. The van der Waals surface area contributed by atoms with Crippen LogP contribution < -0.4 is 4.74 Å². The second kappa shape index (κ2) is 4.87. The van der Waals surface area contributed by atoms with Crippen LogP contribution in [0.5, 0.6) is 5.75 Å². The molecular formula is C10H12BrClO. The first-order valence-corrected chi connectivity index (χ1v) is 5.64. The van der Waals surface area contributed by atoms with Crippen LogP contribution in [0.1, 0.15) is 19.4 Å². The largest absolute Gasteiger partial charge is 0.491 e. The molecule has 3 heteroatoms. The zero-order valence-electron chi connectivity index (χ0n) is 7.68. The average Bonchev–Trinajstić information content (AvgIpc) is 2.03. The summed E-state index contributed by atoms with van der Waals surface area (Å²) in [5, 5.41) is 1.52. The lowest BCUT2D eigenvalue weighted by Crippen LogP contribution is -2.05. The fourth-order valence-electron chi connectivity index (χ4n) is 0.982. The van der Waals surface area contributed by atoms with Gasteiger partial charge in [0.05, 0.1) is 6.10 Å². The lowest BCUT2D eigenvalue weighted by molar-refractivity contribution is 0.242. The van der Waals surface area contributed by atoms with Crippen LogP contribution in [0.2, 0.25) is 5.02 Å². The van der Waals surface area contributed by atoms with Crippen molar-refractivity contribution in [2.45, 2.75) is 25.3 Å². The first-order valence-electron chi connectivity index (χ1n) is 4.14. The lowest BCUT2D eigenvalue weighted by atomic mass is 10.2. The molecule has 0 aromatic heterocycles. The summed E-state index contributed by atoms with van der Waals surface area (Å²) in [6, 6.07) is 5.75. The van der Waals surface area contributed by atoms with Gasteiger partial charge in [-0.3, -0.25) is 0 Å². The van der Waals surface area contributed by atoms with E-state index < -0.39 is 0 Å². The van der Waals surface area contributed by atoms with E-state index >= 15 is 0 Å². The van der Waals surface area contributed by atoms with Gasteiger partial charge in [0.1, 0.15) is 5.75 Å². The molecule has 0 saturated carbocycles. The van der Waals surface area contributed by atoms with Crippen molar-refractivity contribution in [3.63, 3.8) is 0 Å². The van der Waals surface area contributed by atoms with Gasteiger partial charge < -0.3 is 4.74 Å². The highest BCUT2D eigenvalue weighted by atomic mass is 79.9. The number of hydrogen-bond donors (Lipinski definition) is 0. The average molecular weight is 264 g/mol. The van der Waals surface area contributed by atoms with Gasteiger partial charge in [-0.15, -0.1) is 0 Å². The molecule has 1 aromatic rings. The number of benzene rings is 1. The normalized spacial score (nSPS) is 10.5. The number of halogens is 2. The van der Waals surface area contributed by atoms with Crippen molar-refractivity contribution in [3.05, 3.63) is 28.8 Å². The van der Waals surface area contributed by atoms with E-state index in [1.807, 2.05) is 32.0 Å². The Hall–Kier alpha value is -0.210. The molecule has 1 nitrogen and oxygen atoms in total. The summed E-state index contributed by atoms with van der Waals surface area (Å²) < 4.78 is 5.49. The summed E-state index contributed by atoms with van der Waals surface area (Å²) >= 11 is 9.36. The van der Waals surface area contributed by atoms with Crippen LogP contribution in [0.3, 0.4) is 0 Å². The second-order valence-electron chi connectivity index (χ2n) is 3.05. The minimum absolute atomic E-state index is 0.186. The molecule has 0 spiro atoms. The van der Waals surface area contributed by atoms with Gasteiger partial charge >= 0.3 is 0 Å². The summed E-state index contributed by atoms with van der Waals surface area (Å²) in [5.74, 6) is 0.824. The molecule has 0 amide bonds. The Morgan fingerprint density at radius 1 is 1.46 bits per heavy atom. The van der Waals surface area contributed by atoms with Crippen molar-refractivity contribution in [3.8, 4) is 5.75 Å². The van der Waals surface area contributed by atoms with Crippen LogP contribution in [-0.2, 0) is 5.33 Å². The predicted octanol–water partition coefficient (Wildman–Crippen LogP) is 4.02. The molecule has 0 fully saturated rings. The molecule has 0 heterocycles. The Bertz CT molecular complexity index is 286. The number of ether oxygens (including phenoxy) is 1. The minimum Gasteiger partial charge on any atom is -0.491 e. The second-order valence-corrected chi connectivity index (χ2v) is 4.02. The molecule has 0 aliphatic rings. The molecule has 0 N–H and O–H groups in total. The standard InChI is InChI=1S/C10H12BrClO/c1-7(2)13-9-4-3-8(6-11)10(12)5-9/h3-5,7H,6H2,1-2H3. The molecular weight excluding hydrogens is 251 g/mol. The summed E-state index contributed by atoms with van der Waals surface area (Å²) in [6.45, 7) is 3.98. The molecule has 0 saturated heterocycles. The van der Waals surface area contributed by atoms with E-state index in [0.29, 0.717) is 0 Å². The number of alkyl halides is 1. The number of rotatable bonds is 3. The first-order chi connectivity index (χ1) is 6.13. The Morgan fingerprint density at radius 2 is 2.15 bits per heavy atom. The SMILES string of the molecule is CC(C)Oc1ccc(CBr)c(Cl)c1. The molecule has 0 aliphatic heterocycles. The van der Waals surface area contributed by atoms with Gasteiger partial charge in [0.2, 0.25) is 0 Å². The molecule has 0 unspecified atom stereocenters. The fourth-order valence-corrected chi connectivity index (χ4v) is 1.87. The van der Waals surface area contributed by atoms with Gasteiger partial charge in [0.25, 0.3) is 0 Å². The summed E-state index contributed by atoms with van der Waals surface area (Å²) in [6.07, 6.45) is 0.186. The lowest BCUT2D eigenvalue weighted by Gasteiger charge is -2.10. The highest BCUT2D eigenvalue weighted by Crippen LogP contribution is 2.24. The molecule has 0 aliphatic carbocycles. The predicted molar refractivity (Wildman–Crippen MR) is 59.8 cm³/mol. The molecule has 72 valence electrons. The van der Waals surface area contributed by atoms with Gasteiger partial charge in [-0.25, -0.2) is 0 Å². The maximum atomic E-state index is 6.00. The molecule has 13 heavy (non-hydrogen) atoms. The van der Waals surface area contributed by atoms with Crippen molar-refractivity contribution < 1.29 is 4.74 Å². The molecule has 0 radical (unpaired) electrons. The van der Waals surface area contributed by atoms with Crippen LogP contribution in [-0.4, -0.2) is 6.10 Å². The zero-order chi connectivity index (χ0) is 9.84. The van der Waals surface area contributed by atoms with E-state index in [1.54, 1.807) is 0 Å². The van der Waals surface area contributed by atoms with Crippen molar-refractivity contribution in [2.24, 2.45) is 0 Å². The van der Waals surface area contributed by atoms with E-state index in [2.05, 4.69) is 15.9 Å². The monoisotopic (exact) mass is 262 g/mol. The van der Waals surface area contributed by atoms with Gasteiger partial charge in [-0.05, 0) is 31.5 Å². The highest BCUT2D eigenvalue weighted by Gasteiger charge is 2.02. The Labute approximate surface area is 92.2 Å². The Kier molecular flexibility index (Phi) is 4.07. The van der Waals surface area contributed by atoms with Crippen LogP contribution in [0.4, 0.5) is 0 Å². The van der Waals surface area contributed by atoms with Crippen molar-refractivity contribution in [2.75, 3.05) is 0 Å². The van der Waals surface area contributed by atoms with Crippen LogP contribution in [0, 0.1) is 0 Å². The van der Waals surface area contributed by atoms with Crippen LogP contribution >= 0.6 is 27.5 Å². The molecule has 0 bridgehead atoms. The zero-order valence-corrected chi connectivity index (χ0v) is 10.0. The van der Waals surface area contributed by atoms with Gasteiger partial charge in [-0.1, -0.05) is 33.6 Å². The first kappa shape index (κ1) is 10.9. The third-order valence-electron chi connectivity index (χ3n) is 1.54. The van der Waals surface area contributed by atoms with Gasteiger partial charge in [0.15, 0.2) is 0 Å². The fraction of sp³-hybridized carbons (Fsp3) is 0.400. The Morgan fingerprint density at radius 3 is 2.62 bits per heavy atom. The third-order valence-corrected chi connectivity index (χ3v) is 2.50. The smallest absolute Gasteiger partial charge is 0.121 e. The quantitative estimate of drug-likeness (QED) is 0.748. The van der Waals surface area contributed by atoms with E-state index in [-0.39, 0.29) is 6.10 Å². The summed E-state index contributed by atoms with van der Waals surface area (Å²) in [7, 11) is 0. The number of hydrogen-bond acceptors (Lipinski definition) is 1. The van der Waals surface area contributed by atoms with E-state index in [0.717, 1.165) is 21.7 Å². The van der Waals surface area contributed by atoms with Gasteiger partial charge in [0, 0.05) is 10.4 Å². The van der Waals surface area contributed by atoms with E-state index in [1.165, 1.54) is 0 Å². The maximum Gasteiger partial charge on any atom is 0.121 e. The Balaban J connectivity index is 2.83. The van der Waals surface area contributed by atoms with Crippen LogP contribution in [0.15, 0.2) is 18.2 Å². The maximum absolute atomic E-state index is 6.00. The van der Waals surface area contributed by atoms with E-state index in [9.17, 15) is 0 Å². The van der Waals surface area contributed by atoms with Crippen LogP contribution in [0.25, 0.3) is 0 Å². The van der Waals surface area contributed by atoms with Gasteiger partial charge in [-0.2, -0.15) is 0 Å². The third kappa shape index (κ3) is 3.20. The summed E-state index contributed by atoms with van der Waals surface area (Å²) in [5.41, 5.74) is 1.08.